The summed E-state index contributed by atoms with van der Waals surface area (Å²) < 4.78 is 0. The molecule has 5 unspecified atom stereocenters. The van der Waals surface area contributed by atoms with E-state index in [1.165, 1.54) is 25.7 Å². The van der Waals surface area contributed by atoms with Crippen molar-refractivity contribution in [3.05, 3.63) is 0 Å². The molecule has 0 aromatic rings. The van der Waals surface area contributed by atoms with Gasteiger partial charge in [-0.15, -0.1) is 0 Å². The SMILES string of the molecule is CC1CCC(C2CCCCC2C(=O)O)CC1C. The molecule has 0 saturated heterocycles. The van der Waals surface area contributed by atoms with Crippen LogP contribution in [0.4, 0.5) is 0 Å². The molecule has 0 bridgehead atoms. The summed E-state index contributed by atoms with van der Waals surface area (Å²) in [5.41, 5.74) is 0. The van der Waals surface area contributed by atoms with Gasteiger partial charge in [0.1, 0.15) is 0 Å². The standard InChI is InChI=1S/C15H26O2/c1-10-7-8-12(9-11(10)2)13-5-3-4-6-14(13)15(16)17/h10-14H,3-9H2,1-2H3,(H,16,17). The van der Waals surface area contributed by atoms with Crippen LogP contribution in [-0.4, -0.2) is 11.1 Å². The Bertz CT molecular complexity index is 274. The first kappa shape index (κ1) is 12.9. The van der Waals surface area contributed by atoms with Gasteiger partial charge in [0.2, 0.25) is 0 Å². The summed E-state index contributed by atoms with van der Waals surface area (Å²) in [6.07, 6.45) is 8.26. The van der Waals surface area contributed by atoms with Gasteiger partial charge in [-0.05, 0) is 49.4 Å². The lowest BCUT2D eigenvalue weighted by atomic mass is 9.64. The maximum atomic E-state index is 11.4. The number of carboxylic acids is 1. The molecule has 0 aliphatic heterocycles. The van der Waals surface area contributed by atoms with E-state index >= 15 is 0 Å². The van der Waals surface area contributed by atoms with Gasteiger partial charge in [0, 0.05) is 0 Å². The highest BCUT2D eigenvalue weighted by atomic mass is 16.4. The summed E-state index contributed by atoms with van der Waals surface area (Å²) >= 11 is 0. The van der Waals surface area contributed by atoms with E-state index in [4.69, 9.17) is 0 Å². The summed E-state index contributed by atoms with van der Waals surface area (Å²) in [7, 11) is 0. The molecule has 2 heteroatoms. The van der Waals surface area contributed by atoms with Gasteiger partial charge < -0.3 is 5.11 Å². The van der Waals surface area contributed by atoms with Crippen molar-refractivity contribution >= 4 is 5.97 Å². The lowest BCUT2D eigenvalue weighted by Crippen LogP contribution is -2.35. The van der Waals surface area contributed by atoms with E-state index in [1.807, 2.05) is 0 Å². The van der Waals surface area contributed by atoms with Crippen LogP contribution >= 0.6 is 0 Å². The fourth-order valence-corrected chi connectivity index (χ4v) is 4.01. The molecule has 1 N–H and O–H groups in total. The molecule has 0 spiro atoms. The maximum absolute atomic E-state index is 11.4. The van der Waals surface area contributed by atoms with Crippen LogP contribution in [0.5, 0.6) is 0 Å². The first-order valence-corrected chi connectivity index (χ1v) is 7.32. The molecule has 98 valence electrons. The van der Waals surface area contributed by atoms with E-state index in [0.717, 1.165) is 31.1 Å². The summed E-state index contributed by atoms with van der Waals surface area (Å²) in [5, 5.41) is 9.36. The zero-order valence-electron chi connectivity index (χ0n) is 11.2. The highest BCUT2D eigenvalue weighted by Crippen LogP contribution is 2.44. The van der Waals surface area contributed by atoms with Crippen LogP contribution in [0.1, 0.15) is 58.8 Å². The van der Waals surface area contributed by atoms with E-state index < -0.39 is 5.97 Å². The minimum absolute atomic E-state index is 0.0469. The monoisotopic (exact) mass is 238 g/mol. The molecule has 5 atom stereocenters. The van der Waals surface area contributed by atoms with Gasteiger partial charge in [0.25, 0.3) is 0 Å². The van der Waals surface area contributed by atoms with Gasteiger partial charge in [-0.25, -0.2) is 0 Å². The van der Waals surface area contributed by atoms with Crippen molar-refractivity contribution in [2.75, 3.05) is 0 Å². The Morgan fingerprint density at radius 3 is 2.35 bits per heavy atom. The number of carboxylic acid groups (broad SMARTS) is 1. The Hall–Kier alpha value is -0.530. The maximum Gasteiger partial charge on any atom is 0.306 e. The zero-order valence-corrected chi connectivity index (χ0v) is 11.2. The molecule has 2 rings (SSSR count). The summed E-state index contributed by atoms with van der Waals surface area (Å²) in [6.45, 7) is 4.69. The smallest absolute Gasteiger partial charge is 0.306 e. The van der Waals surface area contributed by atoms with Crippen LogP contribution < -0.4 is 0 Å². The van der Waals surface area contributed by atoms with Crippen molar-refractivity contribution in [2.45, 2.75) is 58.8 Å². The third-order valence-electron chi connectivity index (χ3n) is 5.38. The Kier molecular flexibility index (Phi) is 4.11. The molecule has 2 aliphatic rings. The lowest BCUT2D eigenvalue weighted by Gasteiger charge is -2.40. The van der Waals surface area contributed by atoms with E-state index in [-0.39, 0.29) is 5.92 Å². The number of hydrogen-bond acceptors (Lipinski definition) is 1. The molecule has 2 saturated carbocycles. The molecule has 0 aromatic heterocycles. The van der Waals surface area contributed by atoms with Crippen LogP contribution in [0, 0.1) is 29.6 Å². The molecule has 2 fully saturated rings. The van der Waals surface area contributed by atoms with Gasteiger partial charge in [-0.3, -0.25) is 4.79 Å². The summed E-state index contributed by atoms with van der Waals surface area (Å²) in [4.78, 5) is 11.4. The van der Waals surface area contributed by atoms with E-state index in [1.54, 1.807) is 0 Å². The molecule has 2 aliphatic carbocycles. The van der Waals surface area contributed by atoms with Crippen LogP contribution in [0.2, 0.25) is 0 Å². The lowest BCUT2D eigenvalue weighted by molar-refractivity contribution is -0.146. The minimum atomic E-state index is -0.541. The Morgan fingerprint density at radius 1 is 1.00 bits per heavy atom. The largest absolute Gasteiger partial charge is 0.481 e. The number of hydrogen-bond donors (Lipinski definition) is 1. The normalized spacial score (nSPS) is 43.3. The average molecular weight is 238 g/mol. The number of carbonyl (C=O) groups is 1. The Labute approximate surface area is 105 Å². The molecule has 2 nitrogen and oxygen atoms in total. The minimum Gasteiger partial charge on any atom is -0.481 e. The Morgan fingerprint density at radius 2 is 1.71 bits per heavy atom. The average Bonchev–Trinajstić information content (AvgIpc) is 2.32. The Balaban J connectivity index is 2.01. The second-order valence-electron chi connectivity index (χ2n) is 6.42. The molecule has 0 aromatic carbocycles. The fraction of sp³-hybridized carbons (Fsp3) is 0.933. The van der Waals surface area contributed by atoms with Gasteiger partial charge in [-0.2, -0.15) is 0 Å². The van der Waals surface area contributed by atoms with Crippen LogP contribution in [-0.2, 0) is 4.79 Å². The van der Waals surface area contributed by atoms with Crippen molar-refractivity contribution in [3.63, 3.8) is 0 Å². The van der Waals surface area contributed by atoms with Crippen LogP contribution in [0.15, 0.2) is 0 Å². The summed E-state index contributed by atoms with van der Waals surface area (Å²) in [5.74, 6) is 2.18. The predicted molar refractivity (Wildman–Crippen MR) is 68.8 cm³/mol. The van der Waals surface area contributed by atoms with E-state index in [2.05, 4.69) is 13.8 Å². The van der Waals surface area contributed by atoms with Crippen molar-refractivity contribution in [3.8, 4) is 0 Å². The molecule has 0 radical (unpaired) electrons. The highest BCUT2D eigenvalue weighted by Gasteiger charge is 2.38. The predicted octanol–water partition coefficient (Wildman–Crippen LogP) is 3.95. The summed E-state index contributed by atoms with van der Waals surface area (Å²) in [6, 6.07) is 0. The molecular formula is C15H26O2. The van der Waals surface area contributed by atoms with Crippen molar-refractivity contribution < 1.29 is 9.90 Å². The van der Waals surface area contributed by atoms with E-state index in [0.29, 0.717) is 11.8 Å². The fourth-order valence-electron chi connectivity index (χ4n) is 4.01. The third kappa shape index (κ3) is 2.83. The van der Waals surface area contributed by atoms with Crippen molar-refractivity contribution in [1.29, 1.82) is 0 Å². The van der Waals surface area contributed by atoms with Gasteiger partial charge in [0.05, 0.1) is 5.92 Å². The molecular weight excluding hydrogens is 212 g/mol. The zero-order chi connectivity index (χ0) is 12.4. The number of aliphatic carboxylic acids is 1. The third-order valence-corrected chi connectivity index (χ3v) is 5.38. The van der Waals surface area contributed by atoms with Crippen LogP contribution in [0.3, 0.4) is 0 Å². The molecule has 0 heterocycles. The highest BCUT2D eigenvalue weighted by molar-refractivity contribution is 5.70. The number of rotatable bonds is 2. The van der Waals surface area contributed by atoms with Crippen molar-refractivity contribution in [1.82, 2.24) is 0 Å². The molecule has 17 heavy (non-hydrogen) atoms. The first-order chi connectivity index (χ1) is 8.09. The van der Waals surface area contributed by atoms with Crippen molar-refractivity contribution in [2.24, 2.45) is 29.6 Å². The topological polar surface area (TPSA) is 37.3 Å². The van der Waals surface area contributed by atoms with Gasteiger partial charge in [-0.1, -0.05) is 33.1 Å². The van der Waals surface area contributed by atoms with Crippen LogP contribution in [0.25, 0.3) is 0 Å². The quantitative estimate of drug-likeness (QED) is 0.791. The molecule has 0 amide bonds. The van der Waals surface area contributed by atoms with E-state index in [9.17, 15) is 9.90 Å². The second kappa shape index (κ2) is 5.41. The van der Waals surface area contributed by atoms with Gasteiger partial charge >= 0.3 is 5.97 Å². The van der Waals surface area contributed by atoms with Gasteiger partial charge in [0.15, 0.2) is 0 Å². The second-order valence-corrected chi connectivity index (χ2v) is 6.42. The first-order valence-electron chi connectivity index (χ1n) is 7.32.